The van der Waals surface area contributed by atoms with Gasteiger partial charge in [0, 0.05) is 29.4 Å². The zero-order chi connectivity index (χ0) is 29.3. The van der Waals surface area contributed by atoms with Gasteiger partial charge in [0.15, 0.2) is 0 Å². The highest BCUT2D eigenvalue weighted by atomic mass is 35.5. The SMILES string of the molecule is NC(=O)c1cc(-c2cccnc2[C@H](Cc2cc(F)cc(F)c2)NC(=O)Cn2ccc3cc(F)c(Cl)cc32)ccc1F. The normalized spacial score (nSPS) is 11.9. The van der Waals surface area contributed by atoms with E-state index in [1.54, 1.807) is 29.0 Å². The smallest absolute Gasteiger partial charge is 0.251 e. The molecule has 0 fully saturated rings. The first-order valence-corrected chi connectivity index (χ1v) is 12.7. The minimum Gasteiger partial charge on any atom is -0.366 e. The Morgan fingerprint density at radius 2 is 1.71 bits per heavy atom. The highest BCUT2D eigenvalue weighted by Crippen LogP contribution is 2.31. The number of carbonyl (C=O) groups is 2. The number of benzene rings is 3. The van der Waals surface area contributed by atoms with Crippen molar-refractivity contribution >= 4 is 34.3 Å². The van der Waals surface area contributed by atoms with Crippen LogP contribution in [0.2, 0.25) is 5.02 Å². The zero-order valence-corrected chi connectivity index (χ0v) is 21.9. The Labute approximate surface area is 236 Å². The van der Waals surface area contributed by atoms with Crippen LogP contribution in [0.25, 0.3) is 22.0 Å². The predicted octanol–water partition coefficient (Wildman–Crippen LogP) is 6.11. The third kappa shape index (κ3) is 6.07. The van der Waals surface area contributed by atoms with Crippen LogP contribution >= 0.6 is 11.6 Å². The van der Waals surface area contributed by atoms with Crippen LogP contribution in [-0.4, -0.2) is 21.4 Å². The van der Waals surface area contributed by atoms with Gasteiger partial charge in [-0.2, -0.15) is 0 Å². The van der Waals surface area contributed by atoms with Crippen LogP contribution in [0.3, 0.4) is 0 Å². The Kier molecular flexibility index (Phi) is 7.76. The number of halogens is 5. The summed E-state index contributed by atoms with van der Waals surface area (Å²) < 4.78 is 57.7. The fraction of sp³-hybridized carbons (Fsp3) is 0.100. The monoisotopic (exact) mass is 580 g/mol. The van der Waals surface area contributed by atoms with E-state index in [1.165, 1.54) is 30.5 Å². The molecule has 0 aliphatic rings. The van der Waals surface area contributed by atoms with Crippen molar-refractivity contribution in [2.45, 2.75) is 19.0 Å². The molecule has 0 saturated carbocycles. The zero-order valence-electron chi connectivity index (χ0n) is 21.2. The number of hydrogen-bond acceptors (Lipinski definition) is 3. The minimum absolute atomic E-state index is 0.0578. The standard InChI is InChI=1S/C30H21ClF4N4O2/c31-23-14-27-18(12-25(23)35)5-7-39(27)15-28(40)38-26(10-16-8-19(32)13-20(33)9-16)29-21(2-1-6-37-29)17-3-4-24(34)22(11-17)30(36)41/h1-9,11-14,26H,10,15H2,(H2,36,41)(H,38,40)/t26-/m0/s1. The minimum atomic E-state index is -0.964. The summed E-state index contributed by atoms with van der Waals surface area (Å²) in [4.78, 5) is 29.5. The molecule has 0 unspecified atom stereocenters. The molecule has 0 saturated heterocycles. The maximum Gasteiger partial charge on any atom is 0.251 e. The molecule has 0 aliphatic carbocycles. The number of aromatic nitrogens is 2. The first-order valence-electron chi connectivity index (χ1n) is 12.3. The topological polar surface area (TPSA) is 90.0 Å². The molecule has 6 nitrogen and oxygen atoms in total. The lowest BCUT2D eigenvalue weighted by molar-refractivity contribution is -0.122. The molecule has 0 bridgehead atoms. The van der Waals surface area contributed by atoms with Crippen molar-refractivity contribution in [1.82, 2.24) is 14.9 Å². The molecule has 5 rings (SSSR count). The number of primary amides is 1. The van der Waals surface area contributed by atoms with Crippen molar-refractivity contribution in [3.8, 4) is 11.1 Å². The molecule has 208 valence electrons. The van der Waals surface area contributed by atoms with Gasteiger partial charge in [0.1, 0.15) is 29.8 Å². The predicted molar refractivity (Wildman–Crippen MR) is 146 cm³/mol. The van der Waals surface area contributed by atoms with Crippen molar-refractivity contribution in [2.75, 3.05) is 0 Å². The van der Waals surface area contributed by atoms with Gasteiger partial charge in [-0.1, -0.05) is 23.7 Å². The number of rotatable bonds is 8. The third-order valence-electron chi connectivity index (χ3n) is 6.54. The van der Waals surface area contributed by atoms with Crippen LogP contribution in [-0.2, 0) is 17.8 Å². The molecular weight excluding hydrogens is 560 g/mol. The van der Waals surface area contributed by atoms with Crippen molar-refractivity contribution in [3.05, 3.63) is 124 Å². The molecule has 5 aromatic rings. The number of fused-ring (bicyclic) bond motifs is 1. The van der Waals surface area contributed by atoms with E-state index in [0.717, 1.165) is 24.3 Å². The van der Waals surface area contributed by atoms with Crippen LogP contribution in [0.5, 0.6) is 0 Å². The quantitative estimate of drug-likeness (QED) is 0.217. The number of carbonyl (C=O) groups excluding carboxylic acids is 2. The van der Waals surface area contributed by atoms with E-state index in [4.69, 9.17) is 17.3 Å². The number of pyridine rings is 1. The van der Waals surface area contributed by atoms with E-state index in [-0.39, 0.29) is 29.1 Å². The summed E-state index contributed by atoms with van der Waals surface area (Å²) in [6.45, 7) is -0.190. The molecule has 3 N–H and O–H groups in total. The second-order valence-corrected chi connectivity index (χ2v) is 9.77. The van der Waals surface area contributed by atoms with Crippen molar-refractivity contribution in [2.24, 2.45) is 5.73 Å². The summed E-state index contributed by atoms with van der Waals surface area (Å²) in [7, 11) is 0. The molecule has 0 radical (unpaired) electrons. The molecule has 41 heavy (non-hydrogen) atoms. The molecular formula is C30H21ClF4N4O2. The van der Waals surface area contributed by atoms with Crippen molar-refractivity contribution in [3.63, 3.8) is 0 Å². The summed E-state index contributed by atoms with van der Waals surface area (Å²) in [5.41, 5.74) is 6.89. The van der Waals surface area contributed by atoms with Gasteiger partial charge in [-0.05, 0) is 66.1 Å². The van der Waals surface area contributed by atoms with E-state index in [1.807, 2.05) is 0 Å². The van der Waals surface area contributed by atoms with Gasteiger partial charge in [0.05, 0.1) is 27.8 Å². The lowest BCUT2D eigenvalue weighted by atomic mass is 9.94. The second kappa shape index (κ2) is 11.4. The molecule has 0 spiro atoms. The molecule has 0 aliphatic heterocycles. The van der Waals surface area contributed by atoms with E-state index in [0.29, 0.717) is 27.7 Å². The van der Waals surface area contributed by atoms with Crippen molar-refractivity contribution in [1.29, 1.82) is 0 Å². The molecule has 2 aromatic heterocycles. The van der Waals surface area contributed by atoms with Gasteiger partial charge in [-0.15, -0.1) is 0 Å². The summed E-state index contributed by atoms with van der Waals surface area (Å²) in [5.74, 6) is -4.43. The maximum atomic E-state index is 14.2. The van der Waals surface area contributed by atoms with Crippen LogP contribution in [0.1, 0.15) is 27.7 Å². The number of nitrogens with one attached hydrogen (secondary N) is 1. The van der Waals surface area contributed by atoms with Crippen LogP contribution in [0.15, 0.2) is 79.1 Å². The average Bonchev–Trinajstić information content (AvgIpc) is 3.28. The van der Waals surface area contributed by atoms with E-state index < -0.39 is 41.1 Å². The molecule has 2 heterocycles. The first kappa shape index (κ1) is 27.9. The molecule has 11 heteroatoms. The Morgan fingerprint density at radius 1 is 0.951 bits per heavy atom. The van der Waals surface area contributed by atoms with Gasteiger partial charge in [-0.25, -0.2) is 17.6 Å². The Morgan fingerprint density at radius 3 is 2.44 bits per heavy atom. The summed E-state index contributed by atoms with van der Waals surface area (Å²) in [6, 6.07) is 13.5. The third-order valence-corrected chi connectivity index (χ3v) is 6.83. The van der Waals surface area contributed by atoms with E-state index in [2.05, 4.69) is 10.3 Å². The van der Waals surface area contributed by atoms with Crippen molar-refractivity contribution < 1.29 is 27.2 Å². The largest absolute Gasteiger partial charge is 0.366 e. The van der Waals surface area contributed by atoms with Crippen LogP contribution < -0.4 is 11.1 Å². The fourth-order valence-corrected chi connectivity index (χ4v) is 4.88. The average molecular weight is 581 g/mol. The Bertz CT molecular complexity index is 1790. The lowest BCUT2D eigenvalue weighted by Gasteiger charge is -2.22. The van der Waals surface area contributed by atoms with E-state index in [9.17, 15) is 27.2 Å². The van der Waals surface area contributed by atoms with E-state index >= 15 is 0 Å². The van der Waals surface area contributed by atoms with Gasteiger partial charge in [0.2, 0.25) is 5.91 Å². The van der Waals surface area contributed by atoms with Crippen LogP contribution in [0.4, 0.5) is 17.6 Å². The van der Waals surface area contributed by atoms with Gasteiger partial charge in [0.25, 0.3) is 5.91 Å². The Balaban J connectivity index is 1.53. The number of nitrogens with two attached hydrogens (primary N) is 1. The number of nitrogens with zero attached hydrogens (tertiary/aromatic N) is 2. The Hall–Kier alpha value is -4.70. The number of hydrogen-bond donors (Lipinski definition) is 2. The molecule has 1 atom stereocenters. The highest BCUT2D eigenvalue weighted by Gasteiger charge is 2.23. The fourth-order valence-electron chi connectivity index (χ4n) is 4.72. The van der Waals surface area contributed by atoms with Gasteiger partial charge >= 0.3 is 0 Å². The summed E-state index contributed by atoms with van der Waals surface area (Å²) >= 11 is 5.94. The number of amides is 2. The molecule has 2 amide bonds. The highest BCUT2D eigenvalue weighted by molar-refractivity contribution is 6.31. The molecule has 3 aromatic carbocycles. The lowest BCUT2D eigenvalue weighted by Crippen LogP contribution is -2.33. The summed E-state index contributed by atoms with van der Waals surface area (Å²) in [5, 5.41) is 3.31. The second-order valence-electron chi connectivity index (χ2n) is 9.37. The maximum absolute atomic E-state index is 14.2. The summed E-state index contributed by atoms with van der Waals surface area (Å²) in [6.07, 6.45) is 3.02. The van der Waals surface area contributed by atoms with Crippen LogP contribution in [0, 0.1) is 23.3 Å². The van der Waals surface area contributed by atoms with Gasteiger partial charge in [-0.3, -0.25) is 14.6 Å². The van der Waals surface area contributed by atoms with Gasteiger partial charge < -0.3 is 15.6 Å². The first-order chi connectivity index (χ1) is 19.6.